The number of benzene rings is 1. The summed E-state index contributed by atoms with van der Waals surface area (Å²) in [5.41, 5.74) is 8.19. The van der Waals surface area contributed by atoms with E-state index in [1.54, 1.807) is 17.5 Å². The van der Waals surface area contributed by atoms with Crippen LogP contribution < -0.4 is 15.3 Å². The molecule has 0 saturated carbocycles. The van der Waals surface area contributed by atoms with Crippen LogP contribution in [0.1, 0.15) is 22.5 Å². The third-order valence-corrected chi connectivity index (χ3v) is 4.99. The van der Waals surface area contributed by atoms with E-state index in [0.717, 1.165) is 11.4 Å². The Balaban J connectivity index is 1.95. The Labute approximate surface area is 174 Å². The zero-order valence-corrected chi connectivity index (χ0v) is 16.8. The van der Waals surface area contributed by atoms with Gasteiger partial charge in [0.2, 0.25) is 0 Å². The smallest absolute Gasteiger partial charge is 0.406 e. The summed E-state index contributed by atoms with van der Waals surface area (Å²) >= 11 is 1.26. The second-order valence-electron chi connectivity index (χ2n) is 6.37. The molecule has 2 heterocycles. The van der Waals surface area contributed by atoms with Crippen LogP contribution in [0.2, 0.25) is 0 Å². The number of ether oxygens (including phenoxy) is 1. The molecule has 30 heavy (non-hydrogen) atoms. The Morgan fingerprint density at radius 3 is 2.57 bits per heavy atom. The second kappa shape index (κ2) is 9.23. The number of hydrogen-bond donors (Lipinski definition) is 1. The van der Waals surface area contributed by atoms with Crippen molar-refractivity contribution < 1.29 is 22.7 Å². The number of pyridine rings is 1. The summed E-state index contributed by atoms with van der Waals surface area (Å²) in [5.74, 6) is -0.728. The molecule has 0 spiro atoms. The minimum atomic E-state index is -4.75. The van der Waals surface area contributed by atoms with Gasteiger partial charge < -0.3 is 15.0 Å². The SMILES string of the molecule is Cc1ccc(C(=O)N=c2scc(-c3ccc(OC(F)(F)F)cc3)n2CCCN)cn1. The van der Waals surface area contributed by atoms with Gasteiger partial charge in [0, 0.05) is 23.8 Å². The van der Waals surface area contributed by atoms with Gasteiger partial charge in [0.1, 0.15) is 5.75 Å². The molecule has 2 aromatic heterocycles. The van der Waals surface area contributed by atoms with Crippen LogP contribution in [0, 0.1) is 6.92 Å². The van der Waals surface area contributed by atoms with Gasteiger partial charge in [-0.05, 0) is 61.9 Å². The van der Waals surface area contributed by atoms with Crippen molar-refractivity contribution >= 4 is 17.2 Å². The van der Waals surface area contributed by atoms with Crippen LogP contribution in [0.3, 0.4) is 0 Å². The maximum atomic E-state index is 12.5. The van der Waals surface area contributed by atoms with Crippen LogP contribution in [-0.4, -0.2) is 28.4 Å². The van der Waals surface area contributed by atoms with E-state index in [0.29, 0.717) is 35.4 Å². The van der Waals surface area contributed by atoms with E-state index in [1.165, 1.54) is 41.8 Å². The molecule has 0 fully saturated rings. The van der Waals surface area contributed by atoms with Gasteiger partial charge >= 0.3 is 6.36 Å². The molecule has 3 rings (SSSR count). The van der Waals surface area contributed by atoms with E-state index in [-0.39, 0.29) is 5.75 Å². The summed E-state index contributed by atoms with van der Waals surface area (Å²) in [5, 5.41) is 1.80. The van der Waals surface area contributed by atoms with Crippen molar-refractivity contribution in [3.8, 4) is 17.0 Å². The van der Waals surface area contributed by atoms with Crippen LogP contribution in [0.15, 0.2) is 53.0 Å². The Morgan fingerprint density at radius 2 is 1.97 bits per heavy atom. The van der Waals surface area contributed by atoms with Gasteiger partial charge in [0.25, 0.3) is 5.91 Å². The van der Waals surface area contributed by atoms with Crippen LogP contribution in [0.4, 0.5) is 13.2 Å². The first kappa shape index (κ1) is 21.7. The molecule has 158 valence electrons. The first-order valence-electron chi connectivity index (χ1n) is 9.03. The van der Waals surface area contributed by atoms with E-state index in [2.05, 4.69) is 14.7 Å². The van der Waals surface area contributed by atoms with Crippen molar-refractivity contribution in [2.45, 2.75) is 26.3 Å². The average molecular weight is 436 g/mol. The number of halogens is 3. The fourth-order valence-electron chi connectivity index (χ4n) is 2.69. The number of amides is 1. The predicted molar refractivity (Wildman–Crippen MR) is 107 cm³/mol. The predicted octanol–water partition coefficient (Wildman–Crippen LogP) is 3.91. The van der Waals surface area contributed by atoms with Gasteiger partial charge in [-0.1, -0.05) is 0 Å². The van der Waals surface area contributed by atoms with Crippen LogP contribution >= 0.6 is 11.3 Å². The van der Waals surface area contributed by atoms with Crippen molar-refractivity contribution in [2.24, 2.45) is 10.7 Å². The number of rotatable bonds is 6. The zero-order chi connectivity index (χ0) is 21.7. The van der Waals surface area contributed by atoms with Crippen molar-refractivity contribution in [2.75, 3.05) is 6.54 Å². The Bertz CT molecular complexity index is 1070. The van der Waals surface area contributed by atoms with Gasteiger partial charge in [0.05, 0.1) is 11.3 Å². The largest absolute Gasteiger partial charge is 0.573 e. The fourth-order valence-corrected chi connectivity index (χ4v) is 3.62. The lowest BCUT2D eigenvalue weighted by molar-refractivity contribution is -0.274. The standard InChI is InChI=1S/C20H19F3N4O2S/c1-13-3-4-15(11-25-13)18(28)26-19-27(10-2-9-24)17(12-30-19)14-5-7-16(8-6-14)29-20(21,22)23/h3-8,11-12H,2,9-10,24H2,1H3. The van der Waals surface area contributed by atoms with Gasteiger partial charge in [-0.15, -0.1) is 24.5 Å². The lowest BCUT2D eigenvalue weighted by Crippen LogP contribution is -2.20. The molecule has 0 atom stereocenters. The van der Waals surface area contributed by atoms with Crippen LogP contribution in [0.25, 0.3) is 11.3 Å². The number of hydrogen-bond acceptors (Lipinski definition) is 5. The highest BCUT2D eigenvalue weighted by Crippen LogP contribution is 2.27. The molecule has 0 aliphatic carbocycles. The highest BCUT2D eigenvalue weighted by atomic mass is 32.1. The maximum absolute atomic E-state index is 12.5. The van der Waals surface area contributed by atoms with Gasteiger partial charge in [0.15, 0.2) is 4.80 Å². The molecule has 0 bridgehead atoms. The molecule has 0 radical (unpaired) electrons. The number of aryl methyl sites for hydroxylation is 1. The summed E-state index contributed by atoms with van der Waals surface area (Å²) in [6.07, 6.45) is -2.63. The molecular formula is C20H19F3N4O2S. The molecule has 6 nitrogen and oxygen atoms in total. The summed E-state index contributed by atoms with van der Waals surface area (Å²) in [7, 11) is 0. The quantitative estimate of drug-likeness (QED) is 0.635. The molecule has 1 amide bonds. The zero-order valence-electron chi connectivity index (χ0n) is 16.0. The lowest BCUT2D eigenvalue weighted by Gasteiger charge is -2.11. The number of nitrogens with zero attached hydrogens (tertiary/aromatic N) is 3. The molecule has 0 aliphatic heterocycles. The number of carbonyl (C=O) groups is 1. The molecule has 0 saturated heterocycles. The second-order valence-corrected chi connectivity index (χ2v) is 7.21. The Morgan fingerprint density at radius 1 is 1.23 bits per heavy atom. The van der Waals surface area contributed by atoms with Gasteiger partial charge in [-0.2, -0.15) is 4.99 Å². The lowest BCUT2D eigenvalue weighted by atomic mass is 10.1. The molecule has 0 unspecified atom stereocenters. The van der Waals surface area contributed by atoms with Crippen molar-refractivity contribution in [1.29, 1.82) is 0 Å². The van der Waals surface area contributed by atoms with Crippen molar-refractivity contribution in [3.05, 3.63) is 64.0 Å². The Kier molecular flexibility index (Phi) is 6.68. The first-order valence-corrected chi connectivity index (χ1v) is 9.91. The number of aromatic nitrogens is 2. The summed E-state index contributed by atoms with van der Waals surface area (Å²) in [6.45, 7) is 2.77. The maximum Gasteiger partial charge on any atom is 0.573 e. The molecule has 3 aromatic rings. The van der Waals surface area contributed by atoms with Crippen LogP contribution in [-0.2, 0) is 6.54 Å². The fraction of sp³-hybridized carbons (Fsp3) is 0.250. The number of alkyl halides is 3. The Hall–Kier alpha value is -2.98. The highest BCUT2D eigenvalue weighted by molar-refractivity contribution is 7.07. The number of nitrogens with two attached hydrogens (primary N) is 1. The van der Waals surface area contributed by atoms with Crippen molar-refractivity contribution in [3.63, 3.8) is 0 Å². The molecule has 10 heteroatoms. The minimum Gasteiger partial charge on any atom is -0.406 e. The van der Waals surface area contributed by atoms with Crippen molar-refractivity contribution in [1.82, 2.24) is 9.55 Å². The monoisotopic (exact) mass is 436 g/mol. The normalized spacial score (nSPS) is 12.2. The topological polar surface area (TPSA) is 82.5 Å². The van der Waals surface area contributed by atoms with Gasteiger partial charge in [-0.25, -0.2) is 0 Å². The molecule has 2 N–H and O–H groups in total. The van der Waals surface area contributed by atoms with E-state index in [4.69, 9.17) is 5.73 Å². The van der Waals surface area contributed by atoms with E-state index in [1.807, 2.05) is 11.5 Å². The third kappa shape index (κ3) is 5.55. The number of carbonyl (C=O) groups excluding carboxylic acids is 1. The summed E-state index contributed by atoms with van der Waals surface area (Å²) in [4.78, 5) is 21.3. The summed E-state index contributed by atoms with van der Waals surface area (Å²) in [6, 6.07) is 8.93. The van der Waals surface area contributed by atoms with Crippen LogP contribution in [0.5, 0.6) is 5.75 Å². The van der Waals surface area contributed by atoms with E-state index >= 15 is 0 Å². The average Bonchev–Trinajstić information content (AvgIpc) is 3.08. The highest BCUT2D eigenvalue weighted by Gasteiger charge is 2.31. The van der Waals surface area contributed by atoms with E-state index < -0.39 is 12.3 Å². The molecule has 0 aliphatic rings. The first-order chi connectivity index (χ1) is 14.3. The third-order valence-electron chi connectivity index (χ3n) is 4.12. The number of thiazole rings is 1. The minimum absolute atomic E-state index is 0.304. The molecule has 1 aromatic carbocycles. The molecular weight excluding hydrogens is 417 g/mol. The van der Waals surface area contributed by atoms with Gasteiger partial charge in [-0.3, -0.25) is 9.78 Å². The summed E-state index contributed by atoms with van der Waals surface area (Å²) < 4.78 is 42.9. The van der Waals surface area contributed by atoms with E-state index in [9.17, 15) is 18.0 Å².